The molecule has 0 saturated heterocycles. The normalized spacial score (nSPS) is 11.7. The Balaban J connectivity index is 0.000000138. The van der Waals surface area contributed by atoms with Crippen molar-refractivity contribution in [3.8, 4) is 102 Å². The molecule has 0 aliphatic heterocycles. The molecule has 0 amide bonds. The second kappa shape index (κ2) is 27.0. The van der Waals surface area contributed by atoms with Gasteiger partial charge in [0, 0.05) is 96.9 Å². The minimum Gasteiger partial charge on any atom is -0.309 e. The van der Waals surface area contributed by atoms with Crippen LogP contribution in [0.3, 0.4) is 0 Å². The number of nitrogens with zero attached hydrogens (tertiary/aromatic N) is 10. The molecule has 23 rings (SSSR count). The number of benzene rings is 16. The topological polar surface area (TPSA) is 97.1 Å². The van der Waals surface area contributed by atoms with Gasteiger partial charge >= 0.3 is 0 Å². The van der Waals surface area contributed by atoms with Crippen LogP contribution in [-0.4, -0.2) is 48.2 Å². The van der Waals surface area contributed by atoms with E-state index in [0.717, 1.165) is 88.2 Å². The Morgan fingerprint density at radius 3 is 0.832 bits per heavy atom. The van der Waals surface area contributed by atoms with Crippen molar-refractivity contribution in [3.63, 3.8) is 0 Å². The predicted octanol–water partition coefficient (Wildman–Crippen LogP) is 26.2. The maximum absolute atomic E-state index is 5.11. The molecule has 0 aliphatic carbocycles. The second-order valence-electron chi connectivity index (χ2n) is 28.6. The van der Waals surface area contributed by atoms with Crippen molar-refractivity contribution in [2.24, 2.45) is 0 Å². The quantitative estimate of drug-likeness (QED) is 0.128. The number of hydrogen-bond donors (Lipinski definition) is 0. The Kier molecular flexibility index (Phi) is 15.5. The van der Waals surface area contributed by atoms with Crippen molar-refractivity contribution in [2.45, 2.75) is 0 Å². The Hall–Kier alpha value is -15.0. The molecule has 0 N–H and O–H groups in total. The summed E-state index contributed by atoms with van der Waals surface area (Å²) in [6, 6.07) is 137. The number of thiophene rings is 1. The highest BCUT2D eigenvalue weighted by atomic mass is 32.1. The van der Waals surface area contributed by atoms with Crippen molar-refractivity contribution in [2.75, 3.05) is 0 Å². The number of fused-ring (bicyclic) bond motifs is 15. The van der Waals surface area contributed by atoms with Gasteiger partial charge in [-0.1, -0.05) is 279 Å². The fourth-order valence-corrected chi connectivity index (χ4v) is 17.8. The fraction of sp³-hybridized carbons (Fsp3) is 0. The van der Waals surface area contributed by atoms with Crippen LogP contribution in [0.2, 0.25) is 0 Å². The lowest BCUT2D eigenvalue weighted by Crippen LogP contribution is -2.06. The summed E-state index contributed by atoms with van der Waals surface area (Å²) < 4.78 is 11.8. The van der Waals surface area contributed by atoms with Crippen molar-refractivity contribution in [1.82, 2.24) is 48.2 Å². The molecule has 0 unspecified atom stereocenters. The summed E-state index contributed by atoms with van der Waals surface area (Å²) in [5, 5.41) is 12.1. The van der Waals surface area contributed by atoms with E-state index in [0.29, 0.717) is 35.2 Å². The number of hydrogen-bond acceptors (Lipinski definition) is 7. The van der Waals surface area contributed by atoms with Crippen LogP contribution in [0.25, 0.3) is 210 Å². The van der Waals surface area contributed by atoms with Crippen molar-refractivity contribution in [1.29, 1.82) is 0 Å². The summed E-state index contributed by atoms with van der Waals surface area (Å²) in [4.78, 5) is 30.3. The molecule has 0 atom stereocenters. The zero-order valence-electron chi connectivity index (χ0n) is 60.8. The van der Waals surface area contributed by atoms with E-state index >= 15 is 0 Å². The summed E-state index contributed by atoms with van der Waals surface area (Å²) >= 11 is 1.85. The van der Waals surface area contributed by atoms with E-state index in [-0.39, 0.29) is 0 Å². The average molecular weight is 1460 g/mol. The van der Waals surface area contributed by atoms with E-state index < -0.39 is 0 Å². The molecule has 0 spiro atoms. The first-order chi connectivity index (χ1) is 56.0. The van der Waals surface area contributed by atoms with Gasteiger partial charge in [0.2, 0.25) is 11.9 Å². The third kappa shape index (κ3) is 11.2. The first-order valence-electron chi connectivity index (χ1n) is 38.0. The van der Waals surface area contributed by atoms with Crippen LogP contribution in [0.4, 0.5) is 0 Å². The largest absolute Gasteiger partial charge is 0.309 e. The molecule has 113 heavy (non-hydrogen) atoms. The molecule has 10 nitrogen and oxygen atoms in total. The zero-order valence-corrected chi connectivity index (χ0v) is 61.6. The fourth-order valence-electron chi connectivity index (χ4n) is 16.7. The molecular formula is C102H64N10S. The van der Waals surface area contributed by atoms with E-state index in [2.05, 4.69) is 285 Å². The lowest BCUT2D eigenvalue weighted by atomic mass is 10.0. The average Bonchev–Trinajstić information content (AvgIpc) is 1.59. The van der Waals surface area contributed by atoms with E-state index in [1.54, 1.807) is 0 Å². The van der Waals surface area contributed by atoms with Crippen LogP contribution in [0.15, 0.2) is 388 Å². The maximum Gasteiger partial charge on any atom is 0.238 e. The lowest BCUT2D eigenvalue weighted by Gasteiger charge is -2.11. The molecule has 528 valence electrons. The van der Waals surface area contributed by atoms with Gasteiger partial charge in [-0.2, -0.15) is 19.9 Å². The molecule has 0 bridgehead atoms. The van der Waals surface area contributed by atoms with Crippen LogP contribution in [0, 0.1) is 0 Å². The maximum atomic E-state index is 5.11. The molecule has 0 aliphatic rings. The molecule has 0 saturated carbocycles. The van der Waals surface area contributed by atoms with Crippen molar-refractivity contribution in [3.05, 3.63) is 388 Å². The molecule has 7 heterocycles. The molecule has 16 aromatic carbocycles. The second-order valence-corrected chi connectivity index (χ2v) is 29.6. The Morgan fingerprint density at radius 1 is 0.159 bits per heavy atom. The molecule has 0 fully saturated rings. The van der Waals surface area contributed by atoms with Gasteiger partial charge < -0.3 is 9.13 Å². The molecular weight excluding hydrogens is 1400 g/mol. The van der Waals surface area contributed by atoms with Gasteiger partial charge in [-0.15, -0.1) is 11.3 Å². The standard InChI is InChI=1S/C51H31N5S.C51H33N5/c1-3-13-32(14-4-1)49-52-50(33-15-5-2-6-16-33)54-51(53-49)56-44-21-11-8-18-38(44)41-30-35(24-27-46(41)56)34-23-26-45-40(29-34)37-17-7-10-20-43(37)55(45)36-25-28-48-42(31-36)39-19-9-12-22-47(39)57-48;1-4-15-34(16-5-1)37-21-14-22-40(31-37)55-45-25-12-10-23-41(45)43-32-38(27-29-47(43)55)39-28-30-48-44(33-39)42-24-11-13-26-46(42)56(48)51-53-49(35-17-6-2-7-18-35)52-50(54-51)36-19-8-3-9-20-36/h1-31H;1-33H. The van der Waals surface area contributed by atoms with Gasteiger partial charge in [0.15, 0.2) is 23.3 Å². The minimum atomic E-state index is 0.585. The van der Waals surface area contributed by atoms with Crippen LogP contribution in [0.1, 0.15) is 0 Å². The highest BCUT2D eigenvalue weighted by molar-refractivity contribution is 7.25. The summed E-state index contributed by atoms with van der Waals surface area (Å²) in [7, 11) is 0. The Morgan fingerprint density at radius 2 is 0.442 bits per heavy atom. The number of para-hydroxylation sites is 4. The highest BCUT2D eigenvalue weighted by Crippen LogP contribution is 2.44. The van der Waals surface area contributed by atoms with Gasteiger partial charge in [0.05, 0.1) is 44.1 Å². The summed E-state index contributed by atoms with van der Waals surface area (Å²) in [5.74, 6) is 3.72. The van der Waals surface area contributed by atoms with Gasteiger partial charge in [0.25, 0.3) is 0 Å². The Bertz CT molecular complexity index is 7560. The predicted molar refractivity (Wildman–Crippen MR) is 468 cm³/mol. The van der Waals surface area contributed by atoms with Gasteiger partial charge in [-0.05, 0) is 143 Å². The Labute approximate surface area is 653 Å². The SMILES string of the molecule is c1ccc(-c2cccc(-n3c4ccccc4c4cc(-c5ccc6c(c5)c5ccccc5n6-c5nc(-c6ccccc6)nc(-c6ccccc6)n5)ccc43)c2)cc1.c1ccc(-c2nc(-c3ccccc3)nc(-n3c4ccccc4c4cc(-c5ccc6c(c5)c5ccccc5n6-c5ccc6sc7ccccc7c6c5)ccc43)n2)cc1. The third-order valence-corrected chi connectivity index (χ3v) is 23.1. The van der Waals surface area contributed by atoms with Gasteiger partial charge in [-0.25, -0.2) is 9.97 Å². The summed E-state index contributed by atoms with van der Waals surface area (Å²) in [6.07, 6.45) is 0. The lowest BCUT2D eigenvalue weighted by molar-refractivity contribution is 0.953. The number of rotatable bonds is 11. The highest BCUT2D eigenvalue weighted by Gasteiger charge is 2.24. The minimum absolute atomic E-state index is 0.585. The molecule has 11 heteroatoms. The molecule has 0 radical (unpaired) electrons. The van der Waals surface area contributed by atoms with E-state index in [1.807, 2.05) is 133 Å². The van der Waals surface area contributed by atoms with E-state index in [1.165, 1.54) is 86.2 Å². The molecule has 23 aromatic rings. The van der Waals surface area contributed by atoms with Crippen LogP contribution in [0.5, 0.6) is 0 Å². The smallest absolute Gasteiger partial charge is 0.238 e. The summed E-state index contributed by atoms with van der Waals surface area (Å²) in [6.45, 7) is 0. The summed E-state index contributed by atoms with van der Waals surface area (Å²) in [5.41, 5.74) is 22.0. The van der Waals surface area contributed by atoms with Gasteiger partial charge in [0.1, 0.15) is 0 Å². The van der Waals surface area contributed by atoms with Gasteiger partial charge in [-0.3, -0.25) is 9.13 Å². The molecule has 7 aromatic heterocycles. The van der Waals surface area contributed by atoms with Crippen molar-refractivity contribution >= 4 is 119 Å². The monoisotopic (exact) mass is 1460 g/mol. The van der Waals surface area contributed by atoms with E-state index in [9.17, 15) is 0 Å². The first-order valence-corrected chi connectivity index (χ1v) is 38.8. The van der Waals surface area contributed by atoms with E-state index in [4.69, 9.17) is 29.9 Å². The van der Waals surface area contributed by atoms with Crippen LogP contribution in [-0.2, 0) is 0 Å². The van der Waals surface area contributed by atoms with Crippen LogP contribution < -0.4 is 0 Å². The van der Waals surface area contributed by atoms with Crippen LogP contribution >= 0.6 is 11.3 Å². The van der Waals surface area contributed by atoms with Crippen molar-refractivity contribution < 1.29 is 0 Å². The number of aromatic nitrogens is 10. The third-order valence-electron chi connectivity index (χ3n) is 22.0. The first kappa shape index (κ1) is 65.1. The zero-order chi connectivity index (χ0) is 74.5.